The molecule has 0 fully saturated rings. The van der Waals surface area contributed by atoms with Gasteiger partial charge in [-0.3, -0.25) is 0 Å². The van der Waals surface area contributed by atoms with Gasteiger partial charge in [-0.15, -0.1) is 0 Å². The summed E-state index contributed by atoms with van der Waals surface area (Å²) in [4.78, 5) is -0.274. The second-order valence-corrected chi connectivity index (χ2v) is 7.41. The van der Waals surface area contributed by atoms with Crippen LogP contribution >= 0.6 is 0 Å². The molecule has 1 atom stereocenters. The van der Waals surface area contributed by atoms with Crippen LogP contribution in [0.15, 0.2) is 0 Å². The van der Waals surface area contributed by atoms with Crippen LogP contribution < -0.4 is 17.3 Å². The molecular weight excluding hydrogens is 601 g/mol. The summed E-state index contributed by atoms with van der Waals surface area (Å²) in [6.07, 6.45) is -13.7. The molecule has 0 bridgehead atoms. The first kappa shape index (κ1) is 38.1. The molecule has 0 amide bonds. The van der Waals surface area contributed by atoms with Crippen LogP contribution in [-0.2, 0) is 0 Å². The lowest BCUT2D eigenvalue weighted by Gasteiger charge is -2.43. The Bertz CT molecular complexity index is 725. The summed E-state index contributed by atoms with van der Waals surface area (Å²) in [5.74, 6) is -57.1. The number of hydrogen-bond acceptors (Lipinski definition) is 3. The number of aliphatic hydroxyl groups excluding tert-OH is 3. The summed E-state index contributed by atoms with van der Waals surface area (Å²) in [7, 11) is 0. The Hall–Kier alpha value is -1.06. The van der Waals surface area contributed by atoms with Crippen molar-refractivity contribution in [2.24, 2.45) is 0 Å². The fourth-order valence-electron chi connectivity index (χ4n) is 2.67. The van der Waals surface area contributed by atoms with Crippen molar-refractivity contribution in [3.8, 4) is 0 Å². The van der Waals surface area contributed by atoms with Gasteiger partial charge in [0.2, 0.25) is 0 Å². The molecule has 0 aromatic carbocycles. The molecular formula is C15H17ClF17NO3. The topological polar surface area (TPSA) is 65.1 Å². The van der Waals surface area contributed by atoms with Gasteiger partial charge in [-0.25, -0.2) is 0 Å². The smallest absolute Gasteiger partial charge is 0.460 e. The minimum atomic E-state index is -8.70. The summed E-state index contributed by atoms with van der Waals surface area (Å²) in [5, 5.41) is 26.8. The quantitative estimate of drug-likeness (QED) is 0.201. The molecule has 0 aromatic heterocycles. The fraction of sp³-hybridized carbons (Fsp3) is 1.00. The summed E-state index contributed by atoms with van der Waals surface area (Å²) < 4.78 is 224. The Balaban J connectivity index is 0. The number of hydrogen-bond donors (Lipinski definition) is 4. The van der Waals surface area contributed by atoms with E-state index in [2.05, 4.69) is 0 Å². The van der Waals surface area contributed by atoms with Crippen LogP contribution in [0.5, 0.6) is 0 Å². The zero-order valence-electron chi connectivity index (χ0n) is 17.5. The monoisotopic (exact) mass is 617 g/mol. The number of rotatable bonds is 14. The largest absolute Gasteiger partial charge is 1.00 e. The van der Waals surface area contributed by atoms with Crippen LogP contribution in [0.25, 0.3) is 0 Å². The van der Waals surface area contributed by atoms with E-state index in [0.29, 0.717) is 0 Å². The number of alkyl halides is 17. The molecule has 37 heavy (non-hydrogen) atoms. The van der Waals surface area contributed by atoms with Gasteiger partial charge in [-0.05, 0) is 0 Å². The normalized spacial score (nSPS) is 16.1. The lowest BCUT2D eigenvalue weighted by atomic mass is 9.87. The molecule has 1 unspecified atom stereocenters. The second-order valence-electron chi connectivity index (χ2n) is 7.41. The van der Waals surface area contributed by atoms with Crippen molar-refractivity contribution in [1.82, 2.24) is 0 Å². The summed E-state index contributed by atoms with van der Waals surface area (Å²) in [5.41, 5.74) is 0. The Kier molecular flexibility index (Phi) is 11.9. The highest BCUT2D eigenvalue weighted by molar-refractivity contribution is 5.15. The molecule has 0 radical (unpaired) electrons. The average molecular weight is 618 g/mol. The van der Waals surface area contributed by atoms with Gasteiger partial charge in [0.25, 0.3) is 0 Å². The number of halogens is 18. The van der Waals surface area contributed by atoms with Crippen LogP contribution in [-0.4, -0.2) is 102 Å². The fourth-order valence-corrected chi connectivity index (χ4v) is 2.67. The van der Waals surface area contributed by atoms with Crippen LogP contribution in [0.1, 0.15) is 6.42 Å². The second kappa shape index (κ2) is 11.6. The molecule has 4 nitrogen and oxygen atoms in total. The molecule has 22 heteroatoms. The van der Waals surface area contributed by atoms with E-state index in [1.54, 1.807) is 0 Å². The molecule has 0 aliphatic heterocycles. The lowest BCUT2D eigenvalue weighted by molar-refractivity contribution is -0.904. The zero-order valence-corrected chi connectivity index (χ0v) is 18.2. The third-order valence-electron chi connectivity index (χ3n) is 4.73. The molecule has 226 valence electrons. The van der Waals surface area contributed by atoms with Crippen LogP contribution in [0.2, 0.25) is 0 Å². The molecule has 0 spiro atoms. The molecule has 0 rings (SSSR count). The highest BCUT2D eigenvalue weighted by atomic mass is 35.5. The maximum atomic E-state index is 13.8. The summed E-state index contributed by atoms with van der Waals surface area (Å²) in [6, 6.07) is 0. The first-order chi connectivity index (χ1) is 15.6. The van der Waals surface area contributed by atoms with Gasteiger partial charge < -0.3 is 32.6 Å². The predicted octanol–water partition coefficient (Wildman–Crippen LogP) is -0.380. The Morgan fingerprint density at radius 3 is 1.11 bits per heavy atom. The van der Waals surface area contributed by atoms with Crippen molar-refractivity contribution in [2.45, 2.75) is 60.2 Å². The van der Waals surface area contributed by atoms with E-state index in [1.165, 1.54) is 0 Å². The number of aliphatic hydroxyl groups is 3. The highest BCUT2D eigenvalue weighted by Crippen LogP contribution is 2.64. The third-order valence-corrected chi connectivity index (χ3v) is 4.73. The van der Waals surface area contributed by atoms with E-state index in [4.69, 9.17) is 10.2 Å². The third kappa shape index (κ3) is 6.40. The van der Waals surface area contributed by atoms with Crippen LogP contribution in [0.4, 0.5) is 74.6 Å². The van der Waals surface area contributed by atoms with Crippen molar-refractivity contribution in [2.75, 3.05) is 32.8 Å². The molecule has 0 aliphatic rings. The van der Waals surface area contributed by atoms with E-state index >= 15 is 0 Å². The van der Waals surface area contributed by atoms with Gasteiger partial charge >= 0.3 is 47.6 Å². The molecule has 0 aliphatic carbocycles. The maximum absolute atomic E-state index is 13.8. The SMILES string of the molecule is OCC[NH+](CCO)CC(O)CC(F)(F)C(F)(F)C(F)(F)C(F)(F)C(F)(F)C(F)(F)C(F)(F)C(F)(F)F.[Cl-]. The summed E-state index contributed by atoms with van der Waals surface area (Å²) >= 11 is 0. The van der Waals surface area contributed by atoms with Gasteiger partial charge in [0.1, 0.15) is 25.7 Å². The van der Waals surface area contributed by atoms with E-state index in [0.717, 1.165) is 0 Å². The van der Waals surface area contributed by atoms with Crippen molar-refractivity contribution in [3.05, 3.63) is 0 Å². The van der Waals surface area contributed by atoms with Crippen molar-refractivity contribution >= 4 is 0 Å². The molecule has 0 saturated heterocycles. The Morgan fingerprint density at radius 2 is 0.811 bits per heavy atom. The van der Waals surface area contributed by atoms with Crippen molar-refractivity contribution in [1.29, 1.82) is 0 Å². The highest BCUT2D eigenvalue weighted by Gasteiger charge is 2.95. The lowest BCUT2D eigenvalue weighted by Crippen LogP contribution is -3.14. The standard InChI is InChI=1S/C15H16F17NO3.ClH/c16-8(17,5-7(36)6-33(1-3-34)2-4-35)9(18,19)10(20,21)11(22,23)12(24,25)13(26,27)14(28,29)15(30,31)32;/h7,34-36H,1-6H2;1H. The molecule has 0 saturated carbocycles. The van der Waals surface area contributed by atoms with E-state index in [-0.39, 0.29) is 17.3 Å². The van der Waals surface area contributed by atoms with Gasteiger partial charge in [0.05, 0.1) is 13.2 Å². The minimum absolute atomic E-state index is 0. The first-order valence-corrected chi connectivity index (χ1v) is 9.08. The predicted molar refractivity (Wildman–Crippen MR) is 81.0 cm³/mol. The maximum Gasteiger partial charge on any atom is 0.460 e. The van der Waals surface area contributed by atoms with Crippen molar-refractivity contribution in [3.63, 3.8) is 0 Å². The van der Waals surface area contributed by atoms with E-state index < -0.39 is 93.0 Å². The van der Waals surface area contributed by atoms with E-state index in [1.807, 2.05) is 0 Å². The van der Waals surface area contributed by atoms with Gasteiger partial charge in [0, 0.05) is 6.42 Å². The first-order valence-electron chi connectivity index (χ1n) is 9.08. The zero-order chi connectivity index (χ0) is 29.4. The number of nitrogens with one attached hydrogen (secondary N) is 1. The van der Waals surface area contributed by atoms with Gasteiger partial charge in [-0.2, -0.15) is 74.6 Å². The van der Waals surface area contributed by atoms with Gasteiger partial charge in [-0.1, -0.05) is 0 Å². The van der Waals surface area contributed by atoms with E-state index in [9.17, 15) is 79.7 Å². The van der Waals surface area contributed by atoms with Crippen LogP contribution in [0, 0.1) is 0 Å². The van der Waals surface area contributed by atoms with Crippen molar-refractivity contribution < 1.29 is 107 Å². The van der Waals surface area contributed by atoms with Gasteiger partial charge in [0.15, 0.2) is 0 Å². The number of quaternary nitrogens is 1. The molecule has 0 aromatic rings. The molecule has 4 N–H and O–H groups in total. The Labute approximate surface area is 201 Å². The Morgan fingerprint density at radius 1 is 0.514 bits per heavy atom. The average Bonchev–Trinajstić information content (AvgIpc) is 2.65. The van der Waals surface area contributed by atoms with Crippen LogP contribution in [0.3, 0.4) is 0 Å². The molecule has 0 heterocycles. The summed E-state index contributed by atoms with van der Waals surface area (Å²) in [6.45, 7) is -3.76. The minimum Gasteiger partial charge on any atom is -1.00 e.